The van der Waals surface area contributed by atoms with Crippen molar-refractivity contribution in [1.29, 1.82) is 0 Å². The van der Waals surface area contributed by atoms with E-state index < -0.39 is 0 Å². The van der Waals surface area contributed by atoms with Crippen molar-refractivity contribution >= 4 is 0 Å². The molecule has 0 unspecified atom stereocenters. The highest BCUT2D eigenvalue weighted by molar-refractivity contribution is 5.41. The number of aromatic nitrogens is 2. The van der Waals surface area contributed by atoms with Crippen molar-refractivity contribution in [3.8, 4) is 11.5 Å². The third-order valence-electron chi connectivity index (χ3n) is 4.73. The molecule has 27 heavy (non-hydrogen) atoms. The molecule has 1 aliphatic rings. The number of fused-ring (bicyclic) bond motifs is 1. The second-order valence-electron chi connectivity index (χ2n) is 6.78. The summed E-state index contributed by atoms with van der Waals surface area (Å²) in [7, 11) is 0. The van der Waals surface area contributed by atoms with E-state index in [-0.39, 0.29) is 5.56 Å². The maximum atomic E-state index is 12.3. The molecule has 3 rings (SSSR count). The molecule has 1 aromatic carbocycles. The average Bonchev–Trinajstić information content (AvgIpc) is 2.64. The van der Waals surface area contributed by atoms with E-state index in [1.165, 1.54) is 0 Å². The average molecular weight is 371 g/mol. The van der Waals surface area contributed by atoms with E-state index in [9.17, 15) is 4.79 Å². The second-order valence-corrected chi connectivity index (χ2v) is 6.78. The van der Waals surface area contributed by atoms with Crippen molar-refractivity contribution in [1.82, 2.24) is 14.9 Å². The molecule has 0 spiro atoms. The third kappa shape index (κ3) is 4.69. The lowest BCUT2D eigenvalue weighted by Gasteiger charge is -2.28. The lowest BCUT2D eigenvalue weighted by atomic mass is 10.0. The monoisotopic (exact) mass is 371 g/mol. The molecule has 2 aromatic rings. The van der Waals surface area contributed by atoms with Gasteiger partial charge in [-0.1, -0.05) is 13.0 Å². The Bertz CT molecular complexity index is 832. The molecule has 0 fully saturated rings. The van der Waals surface area contributed by atoms with Gasteiger partial charge in [0.1, 0.15) is 17.3 Å². The fourth-order valence-electron chi connectivity index (χ4n) is 3.49. The zero-order chi connectivity index (χ0) is 19.2. The molecule has 0 saturated carbocycles. The zero-order valence-corrected chi connectivity index (χ0v) is 16.5. The van der Waals surface area contributed by atoms with E-state index in [4.69, 9.17) is 14.5 Å². The number of aryl methyl sites for hydroxylation is 1. The van der Waals surface area contributed by atoms with Gasteiger partial charge >= 0.3 is 0 Å². The van der Waals surface area contributed by atoms with Gasteiger partial charge in [0.15, 0.2) is 0 Å². The Morgan fingerprint density at radius 2 is 2.00 bits per heavy atom. The van der Waals surface area contributed by atoms with E-state index in [2.05, 4.69) is 22.9 Å². The number of benzene rings is 1. The van der Waals surface area contributed by atoms with Gasteiger partial charge in [0.05, 0.1) is 18.9 Å². The summed E-state index contributed by atoms with van der Waals surface area (Å²) in [5.74, 6) is 2.48. The van der Waals surface area contributed by atoms with Crippen molar-refractivity contribution in [2.24, 2.45) is 0 Å². The van der Waals surface area contributed by atoms with Crippen LogP contribution in [0.4, 0.5) is 0 Å². The van der Waals surface area contributed by atoms with E-state index in [0.717, 1.165) is 66.5 Å². The van der Waals surface area contributed by atoms with Crippen LogP contribution < -0.4 is 15.0 Å². The fraction of sp³-hybridized carbons (Fsp3) is 0.524. The first-order valence-electron chi connectivity index (χ1n) is 9.86. The standard InChI is InChI=1S/C21H29N3O3/c1-4-7-20-22-18-14-24(11-10-17(18)21(25)23-20)13-15-8-9-16(26-5-2)12-19(15)27-6-3/h8-9,12H,4-7,10-11,13-14H2,1-3H3,(H,22,23,25). The molecule has 0 bridgehead atoms. The summed E-state index contributed by atoms with van der Waals surface area (Å²) in [6.45, 7) is 9.58. The van der Waals surface area contributed by atoms with Crippen molar-refractivity contribution < 1.29 is 9.47 Å². The predicted octanol–water partition coefficient (Wildman–Crippen LogP) is 3.08. The molecule has 0 atom stereocenters. The van der Waals surface area contributed by atoms with Gasteiger partial charge in [-0.05, 0) is 32.8 Å². The predicted molar refractivity (Wildman–Crippen MR) is 105 cm³/mol. The summed E-state index contributed by atoms with van der Waals surface area (Å²) >= 11 is 0. The molecular formula is C21H29N3O3. The van der Waals surface area contributed by atoms with Gasteiger partial charge in [0.25, 0.3) is 5.56 Å². The van der Waals surface area contributed by atoms with Gasteiger partial charge in [-0.25, -0.2) is 4.98 Å². The van der Waals surface area contributed by atoms with Crippen LogP contribution in [0, 0.1) is 0 Å². The normalized spacial score (nSPS) is 14.0. The maximum absolute atomic E-state index is 12.3. The Hall–Kier alpha value is -2.34. The van der Waals surface area contributed by atoms with Gasteiger partial charge in [-0.3, -0.25) is 9.69 Å². The van der Waals surface area contributed by atoms with E-state index in [1.807, 2.05) is 26.0 Å². The minimum absolute atomic E-state index is 0.0270. The van der Waals surface area contributed by atoms with Crippen LogP contribution >= 0.6 is 0 Å². The molecule has 1 aliphatic heterocycles. The molecule has 0 radical (unpaired) electrons. The molecule has 0 saturated heterocycles. The highest BCUT2D eigenvalue weighted by Crippen LogP contribution is 2.27. The molecule has 2 heterocycles. The number of nitrogens with zero attached hydrogens (tertiary/aromatic N) is 2. The Morgan fingerprint density at radius 1 is 1.19 bits per heavy atom. The van der Waals surface area contributed by atoms with Gasteiger partial charge in [-0.2, -0.15) is 0 Å². The van der Waals surface area contributed by atoms with Crippen molar-refractivity contribution in [3.05, 3.63) is 51.2 Å². The van der Waals surface area contributed by atoms with Crippen LogP contribution in [-0.2, 0) is 25.9 Å². The van der Waals surface area contributed by atoms with E-state index >= 15 is 0 Å². The van der Waals surface area contributed by atoms with E-state index in [0.29, 0.717) is 19.8 Å². The number of aromatic amines is 1. The summed E-state index contributed by atoms with van der Waals surface area (Å²) in [6, 6.07) is 6.02. The molecular weight excluding hydrogens is 342 g/mol. The van der Waals surface area contributed by atoms with Crippen LogP contribution in [0.1, 0.15) is 49.8 Å². The topological polar surface area (TPSA) is 67.5 Å². The Balaban J connectivity index is 1.79. The van der Waals surface area contributed by atoms with Gasteiger partial charge in [0.2, 0.25) is 0 Å². The third-order valence-corrected chi connectivity index (χ3v) is 4.73. The van der Waals surface area contributed by atoms with Gasteiger partial charge in [-0.15, -0.1) is 0 Å². The van der Waals surface area contributed by atoms with Crippen molar-refractivity contribution in [3.63, 3.8) is 0 Å². The molecule has 0 amide bonds. The first-order valence-corrected chi connectivity index (χ1v) is 9.86. The highest BCUT2D eigenvalue weighted by atomic mass is 16.5. The van der Waals surface area contributed by atoms with E-state index in [1.54, 1.807) is 0 Å². The minimum Gasteiger partial charge on any atom is -0.494 e. The smallest absolute Gasteiger partial charge is 0.254 e. The Labute approximate surface area is 160 Å². The van der Waals surface area contributed by atoms with Crippen LogP contribution in [-0.4, -0.2) is 34.6 Å². The second kappa shape index (κ2) is 9.04. The number of rotatable bonds is 8. The van der Waals surface area contributed by atoms with Crippen molar-refractivity contribution in [2.45, 2.75) is 53.1 Å². The van der Waals surface area contributed by atoms with Crippen molar-refractivity contribution in [2.75, 3.05) is 19.8 Å². The first-order chi connectivity index (χ1) is 13.1. The number of H-pyrrole nitrogens is 1. The summed E-state index contributed by atoms with van der Waals surface area (Å²) in [5.41, 5.74) is 2.90. The molecule has 6 nitrogen and oxygen atoms in total. The lowest BCUT2D eigenvalue weighted by molar-refractivity contribution is 0.233. The number of hydrogen-bond donors (Lipinski definition) is 1. The largest absolute Gasteiger partial charge is 0.494 e. The first kappa shape index (κ1) is 19.4. The quantitative estimate of drug-likeness (QED) is 0.772. The summed E-state index contributed by atoms with van der Waals surface area (Å²) in [4.78, 5) is 22.3. The number of hydrogen-bond acceptors (Lipinski definition) is 5. The summed E-state index contributed by atoms with van der Waals surface area (Å²) < 4.78 is 11.4. The minimum atomic E-state index is 0.0270. The molecule has 1 N–H and O–H groups in total. The Kier molecular flexibility index (Phi) is 6.50. The highest BCUT2D eigenvalue weighted by Gasteiger charge is 2.22. The summed E-state index contributed by atoms with van der Waals surface area (Å²) in [6.07, 6.45) is 2.50. The van der Waals surface area contributed by atoms with Crippen LogP contribution in [0.3, 0.4) is 0 Å². The van der Waals surface area contributed by atoms with Gasteiger partial charge < -0.3 is 14.5 Å². The van der Waals surface area contributed by atoms with Crippen LogP contribution in [0.2, 0.25) is 0 Å². The molecule has 146 valence electrons. The number of nitrogens with one attached hydrogen (secondary N) is 1. The summed E-state index contributed by atoms with van der Waals surface area (Å²) in [5, 5.41) is 0. The maximum Gasteiger partial charge on any atom is 0.254 e. The van der Waals surface area contributed by atoms with Crippen LogP contribution in [0.5, 0.6) is 11.5 Å². The molecule has 6 heteroatoms. The molecule has 0 aliphatic carbocycles. The fourth-order valence-corrected chi connectivity index (χ4v) is 3.49. The van der Waals surface area contributed by atoms with Gasteiger partial charge in [0, 0.05) is 43.2 Å². The zero-order valence-electron chi connectivity index (χ0n) is 16.5. The SMILES string of the molecule is CCCc1nc2c(c(=O)[nH]1)CCN(Cc1ccc(OCC)cc1OCC)C2. The Morgan fingerprint density at radius 3 is 2.74 bits per heavy atom. The van der Waals surface area contributed by atoms with Crippen LogP contribution in [0.15, 0.2) is 23.0 Å². The molecule has 1 aromatic heterocycles. The van der Waals surface area contributed by atoms with Crippen LogP contribution in [0.25, 0.3) is 0 Å². The number of ether oxygens (including phenoxy) is 2. The lowest BCUT2D eigenvalue weighted by Crippen LogP contribution is -2.35.